The van der Waals surface area contributed by atoms with Crippen molar-refractivity contribution in [3.05, 3.63) is 89.1 Å². The number of para-hydroxylation sites is 1. The van der Waals surface area contributed by atoms with Gasteiger partial charge in [-0.2, -0.15) is 0 Å². The number of carbonyl (C=O) groups excluding carboxylic acids is 6. The third kappa shape index (κ3) is 8.13. The van der Waals surface area contributed by atoms with Crippen LogP contribution in [-0.2, 0) is 28.5 Å². The number of nitrogens with zero attached hydrogens (tertiary/aromatic N) is 4. The summed E-state index contributed by atoms with van der Waals surface area (Å²) < 4.78 is 42.4. The number of benzene rings is 2. The van der Waals surface area contributed by atoms with Crippen LogP contribution in [0.25, 0.3) is 10.1 Å². The Morgan fingerprint density at radius 3 is 2.48 bits per heavy atom. The fourth-order valence-corrected chi connectivity index (χ4v) is 11.5. The highest BCUT2D eigenvalue weighted by Crippen LogP contribution is 2.58. The first kappa shape index (κ1) is 43.2. The first-order valence-corrected chi connectivity index (χ1v) is 23.5. The second-order valence-electron chi connectivity index (χ2n) is 16.4. The number of anilines is 1. The summed E-state index contributed by atoms with van der Waals surface area (Å²) in [7, 11) is -4.49. The number of rotatable bonds is 13. The molecule has 62 heavy (non-hydrogen) atoms. The Balaban J connectivity index is 0.998. The number of thiophene rings is 1. The van der Waals surface area contributed by atoms with E-state index in [2.05, 4.69) is 15.4 Å². The van der Waals surface area contributed by atoms with Crippen LogP contribution in [0.3, 0.4) is 0 Å². The number of halogens is 1. The van der Waals surface area contributed by atoms with E-state index in [4.69, 9.17) is 9.26 Å². The van der Waals surface area contributed by atoms with Gasteiger partial charge in [-0.3, -0.25) is 33.5 Å². The Hall–Kier alpha value is -5.51. The van der Waals surface area contributed by atoms with E-state index in [1.807, 2.05) is 6.92 Å². The number of esters is 1. The molecule has 1 spiro atoms. The highest BCUT2D eigenvalue weighted by Gasteiger charge is 2.68. The molecular formula is C44H48FN6O9PS. The molecule has 8 rings (SSSR count). The fraction of sp³-hybridized carbons (Fsp3) is 0.432. The minimum absolute atomic E-state index is 0.0149. The number of fused-ring (bicyclic) bond motifs is 2. The number of nitrogens with one attached hydrogen (secondary N) is 2. The van der Waals surface area contributed by atoms with E-state index in [1.54, 1.807) is 49.5 Å². The van der Waals surface area contributed by atoms with Gasteiger partial charge >= 0.3 is 19.5 Å². The lowest BCUT2D eigenvalue weighted by Crippen LogP contribution is -2.58. The Morgan fingerprint density at radius 1 is 1.00 bits per heavy atom. The van der Waals surface area contributed by atoms with Crippen LogP contribution in [0.2, 0.25) is 0 Å². The smallest absolute Gasteiger partial charge is 0.355 e. The molecule has 2 aromatic carbocycles. The molecule has 2 aromatic heterocycles. The number of aryl methyl sites for hydroxylation is 1. The normalized spacial score (nSPS) is 22.7. The Morgan fingerprint density at radius 2 is 1.76 bits per heavy atom. The lowest BCUT2D eigenvalue weighted by Gasteiger charge is -2.36. The highest BCUT2D eigenvalue weighted by molar-refractivity contribution is 7.57. The monoisotopic (exact) mass is 886 g/mol. The minimum atomic E-state index is -4.49. The first-order chi connectivity index (χ1) is 29.7. The molecule has 15 nitrogen and oxygen atoms in total. The lowest BCUT2D eigenvalue weighted by molar-refractivity contribution is -0.147. The van der Waals surface area contributed by atoms with Gasteiger partial charge in [0.2, 0.25) is 11.8 Å². The Kier molecular flexibility index (Phi) is 12.1. The molecule has 1 unspecified atom stereocenters. The highest BCUT2D eigenvalue weighted by atomic mass is 32.1. The summed E-state index contributed by atoms with van der Waals surface area (Å²) in [4.78, 5) is 91.1. The summed E-state index contributed by atoms with van der Waals surface area (Å²) in [5.41, 5.74) is -0.281. The van der Waals surface area contributed by atoms with Crippen LogP contribution in [-0.4, -0.2) is 86.7 Å². The van der Waals surface area contributed by atoms with Crippen molar-refractivity contribution in [2.75, 3.05) is 11.5 Å². The SMILES string of the molecule is CCCOC(=O)[C@H](C)NP(=O)(Oc1ccccc1)[C@@H](F)c1ccc2sc(C(=O)N[C@H]3CCCC[C@H]4CC[C@@H](C(=O)N5C(=O)N(c6cncc(C)c6)C(=O)C56CC6)N4C3=O)cc2c1. The third-order valence-electron chi connectivity index (χ3n) is 11.9. The number of hydrogen-bond acceptors (Lipinski definition) is 11. The zero-order valence-electron chi connectivity index (χ0n) is 34.6. The second-order valence-corrected chi connectivity index (χ2v) is 19.6. The van der Waals surface area contributed by atoms with Crippen molar-refractivity contribution in [1.82, 2.24) is 25.2 Å². The zero-order chi connectivity index (χ0) is 43.9. The number of pyridine rings is 1. The molecule has 3 aliphatic heterocycles. The molecule has 6 atom stereocenters. The summed E-state index contributed by atoms with van der Waals surface area (Å²) in [5.74, 6) is -4.86. The number of hydrogen-bond donors (Lipinski definition) is 2. The zero-order valence-corrected chi connectivity index (χ0v) is 36.3. The van der Waals surface area contributed by atoms with Crippen molar-refractivity contribution in [1.29, 1.82) is 0 Å². The maximum Gasteiger partial charge on any atom is 0.355 e. The molecule has 4 fully saturated rings. The van der Waals surface area contributed by atoms with Gasteiger partial charge in [-0.25, -0.2) is 24.1 Å². The van der Waals surface area contributed by atoms with Gasteiger partial charge in [0.15, 0.2) is 0 Å². The number of alkyl halides is 1. The summed E-state index contributed by atoms with van der Waals surface area (Å²) in [6.07, 6.45) is 7.48. The van der Waals surface area contributed by atoms with Crippen molar-refractivity contribution in [2.24, 2.45) is 0 Å². The lowest BCUT2D eigenvalue weighted by atomic mass is 9.99. The van der Waals surface area contributed by atoms with E-state index < -0.39 is 72.7 Å². The molecule has 18 heteroatoms. The van der Waals surface area contributed by atoms with E-state index in [0.29, 0.717) is 61.5 Å². The fourth-order valence-electron chi connectivity index (χ4n) is 8.65. The van der Waals surface area contributed by atoms with Gasteiger partial charge in [0.25, 0.3) is 17.7 Å². The average molecular weight is 887 g/mol. The molecule has 1 saturated carbocycles. The largest absolute Gasteiger partial charge is 0.465 e. The van der Waals surface area contributed by atoms with Crippen molar-refractivity contribution in [2.45, 2.75) is 114 Å². The van der Waals surface area contributed by atoms with E-state index in [9.17, 15) is 33.3 Å². The molecule has 4 aliphatic rings. The summed E-state index contributed by atoms with van der Waals surface area (Å²) in [6, 6.07) is 11.6. The van der Waals surface area contributed by atoms with Gasteiger partial charge in [-0.1, -0.05) is 44.0 Å². The topological polar surface area (TPSA) is 185 Å². The van der Waals surface area contributed by atoms with Crippen LogP contribution in [0.15, 0.2) is 73.1 Å². The molecular weight excluding hydrogens is 839 g/mol. The van der Waals surface area contributed by atoms with E-state index in [1.165, 1.54) is 42.3 Å². The predicted octanol–water partition coefficient (Wildman–Crippen LogP) is 7.34. The minimum Gasteiger partial charge on any atom is -0.465 e. The molecule has 4 aromatic rings. The molecule has 3 saturated heterocycles. The molecule has 2 N–H and O–H groups in total. The molecule has 6 amide bonds. The maximum absolute atomic E-state index is 16.6. The van der Waals surface area contributed by atoms with Gasteiger partial charge in [-0.15, -0.1) is 11.3 Å². The quantitative estimate of drug-likeness (QED) is 0.0778. The number of amides is 6. The van der Waals surface area contributed by atoms with E-state index >= 15 is 4.39 Å². The van der Waals surface area contributed by atoms with E-state index in [-0.39, 0.29) is 34.5 Å². The average Bonchev–Trinajstić information content (AvgIpc) is 3.65. The van der Waals surface area contributed by atoms with Crippen LogP contribution in [0, 0.1) is 6.92 Å². The van der Waals surface area contributed by atoms with E-state index in [0.717, 1.165) is 33.1 Å². The van der Waals surface area contributed by atoms with Gasteiger partial charge < -0.3 is 19.5 Å². The molecule has 326 valence electrons. The first-order valence-electron chi connectivity index (χ1n) is 21.0. The third-order valence-corrected chi connectivity index (χ3v) is 15.1. The number of urea groups is 1. The van der Waals surface area contributed by atoms with Gasteiger partial charge in [-0.05, 0) is 112 Å². The van der Waals surface area contributed by atoms with Gasteiger partial charge in [0.1, 0.15) is 29.4 Å². The number of imide groups is 2. The van der Waals surface area contributed by atoms with Crippen molar-refractivity contribution in [3.63, 3.8) is 0 Å². The standard InChI is InChI=1S/C44H48FN6O9PS/c1-4-20-59-41(55)27(3)48-61(58,60-32-11-6-5-7-12-32)37(45)28-14-17-35-29(22-28)23-36(62-35)38(52)47-33-13-9-8-10-30-15-16-34(49(30)39(33)53)40(54)51-43(57)50(42(56)44(51)18-19-44)31-21-26(2)24-46-25-31/h5-7,11-12,14,17,21-25,27,30,33-34,37H,4,8-10,13,15-16,18-20H2,1-3H3,(H,47,52)(H,48,58)/t27-,30-,33-,34-,37+,61?/m0/s1. The maximum atomic E-state index is 16.6. The summed E-state index contributed by atoms with van der Waals surface area (Å²) in [6.45, 7) is 5.18. The Bertz CT molecular complexity index is 2480. The van der Waals surface area contributed by atoms with Crippen molar-refractivity contribution >= 4 is 70.3 Å². The Labute approximate surface area is 361 Å². The van der Waals surface area contributed by atoms with Crippen LogP contribution in [0.5, 0.6) is 5.75 Å². The molecule has 5 heterocycles. The molecule has 0 bridgehead atoms. The van der Waals surface area contributed by atoms with Crippen LogP contribution in [0.1, 0.15) is 98.3 Å². The van der Waals surface area contributed by atoms with Gasteiger partial charge in [0.05, 0.1) is 23.4 Å². The van der Waals surface area contributed by atoms with Gasteiger partial charge in [0, 0.05) is 16.9 Å². The van der Waals surface area contributed by atoms with Crippen LogP contribution < -0.4 is 19.8 Å². The number of carbonyl (C=O) groups is 6. The summed E-state index contributed by atoms with van der Waals surface area (Å²) >= 11 is 1.13. The molecule has 1 aliphatic carbocycles. The number of ether oxygens (including phenoxy) is 1. The molecule has 0 radical (unpaired) electrons. The van der Waals surface area contributed by atoms with Crippen LogP contribution in [0.4, 0.5) is 14.9 Å². The van der Waals surface area contributed by atoms with Crippen molar-refractivity contribution < 1.29 is 47.0 Å². The van der Waals surface area contributed by atoms with Crippen molar-refractivity contribution in [3.8, 4) is 5.75 Å². The summed E-state index contributed by atoms with van der Waals surface area (Å²) in [5, 5.41) is 5.94. The second kappa shape index (κ2) is 17.3. The predicted molar refractivity (Wildman–Crippen MR) is 228 cm³/mol. The van der Waals surface area contributed by atoms with Crippen LogP contribution >= 0.6 is 18.9 Å². The number of aromatic nitrogens is 1.